The third-order valence-corrected chi connectivity index (χ3v) is 3.25. The number of likely N-dealkylation sites (N-methyl/N-ethyl adjacent to an activating group) is 1. The number of nitrogens with zero attached hydrogens (tertiary/aromatic N) is 2. The van der Waals surface area contributed by atoms with Crippen molar-refractivity contribution in [1.29, 1.82) is 0 Å². The van der Waals surface area contributed by atoms with E-state index in [1.54, 1.807) is 12.3 Å². The SMILES string of the molecule is CCN(CCNC(=O)c1ccn[nH]1)c1ccccc1C. The van der Waals surface area contributed by atoms with E-state index in [4.69, 9.17) is 0 Å². The van der Waals surface area contributed by atoms with Crippen LogP contribution in [-0.2, 0) is 0 Å². The first kappa shape index (κ1) is 14.1. The molecule has 1 amide bonds. The van der Waals surface area contributed by atoms with E-state index in [0.717, 1.165) is 13.1 Å². The number of anilines is 1. The number of aromatic amines is 1. The molecule has 0 radical (unpaired) electrons. The van der Waals surface area contributed by atoms with E-state index in [1.165, 1.54) is 11.3 Å². The third kappa shape index (κ3) is 3.38. The summed E-state index contributed by atoms with van der Waals surface area (Å²) >= 11 is 0. The topological polar surface area (TPSA) is 61.0 Å². The molecule has 2 N–H and O–H groups in total. The quantitative estimate of drug-likeness (QED) is 0.845. The number of carbonyl (C=O) groups is 1. The maximum Gasteiger partial charge on any atom is 0.269 e. The lowest BCUT2D eigenvalue weighted by Gasteiger charge is -2.25. The maximum atomic E-state index is 11.8. The molecule has 0 aliphatic rings. The minimum atomic E-state index is -0.122. The maximum absolute atomic E-state index is 11.8. The zero-order chi connectivity index (χ0) is 14.4. The molecule has 0 saturated heterocycles. The van der Waals surface area contributed by atoms with Crippen LogP contribution >= 0.6 is 0 Å². The monoisotopic (exact) mass is 272 g/mol. The second kappa shape index (κ2) is 6.75. The first-order valence-electron chi connectivity index (χ1n) is 6.80. The molecule has 2 rings (SSSR count). The number of aryl methyl sites for hydroxylation is 1. The van der Waals surface area contributed by atoms with Gasteiger partial charge in [0.05, 0.1) is 0 Å². The molecule has 106 valence electrons. The van der Waals surface area contributed by atoms with Gasteiger partial charge in [-0.25, -0.2) is 0 Å². The number of H-pyrrole nitrogens is 1. The Morgan fingerprint density at radius 1 is 1.35 bits per heavy atom. The summed E-state index contributed by atoms with van der Waals surface area (Å²) in [5, 5.41) is 9.31. The van der Waals surface area contributed by atoms with E-state index in [0.29, 0.717) is 12.2 Å². The highest BCUT2D eigenvalue weighted by Gasteiger charge is 2.09. The van der Waals surface area contributed by atoms with Crippen LogP contribution in [0, 0.1) is 6.92 Å². The van der Waals surface area contributed by atoms with Crippen LogP contribution in [0.15, 0.2) is 36.5 Å². The van der Waals surface area contributed by atoms with Crippen LogP contribution in [0.2, 0.25) is 0 Å². The number of rotatable bonds is 6. The fraction of sp³-hybridized carbons (Fsp3) is 0.333. The van der Waals surface area contributed by atoms with Gasteiger partial charge in [0.15, 0.2) is 0 Å². The normalized spacial score (nSPS) is 10.3. The highest BCUT2D eigenvalue weighted by atomic mass is 16.1. The first-order valence-corrected chi connectivity index (χ1v) is 6.80. The minimum absolute atomic E-state index is 0.122. The minimum Gasteiger partial charge on any atom is -0.370 e. The van der Waals surface area contributed by atoms with Gasteiger partial charge in [-0.3, -0.25) is 9.89 Å². The Hall–Kier alpha value is -2.30. The Morgan fingerprint density at radius 2 is 2.15 bits per heavy atom. The lowest BCUT2D eigenvalue weighted by Crippen LogP contribution is -2.35. The summed E-state index contributed by atoms with van der Waals surface area (Å²) in [4.78, 5) is 14.0. The number of hydrogen-bond acceptors (Lipinski definition) is 3. The van der Waals surface area contributed by atoms with Crippen molar-refractivity contribution in [2.24, 2.45) is 0 Å². The number of para-hydroxylation sites is 1. The summed E-state index contributed by atoms with van der Waals surface area (Å²) in [5.74, 6) is -0.122. The fourth-order valence-electron chi connectivity index (χ4n) is 2.15. The second-order valence-corrected chi connectivity index (χ2v) is 4.59. The van der Waals surface area contributed by atoms with Crippen molar-refractivity contribution in [2.45, 2.75) is 13.8 Å². The molecular weight excluding hydrogens is 252 g/mol. The van der Waals surface area contributed by atoms with Gasteiger partial charge in [0.1, 0.15) is 5.69 Å². The van der Waals surface area contributed by atoms with E-state index in [9.17, 15) is 4.79 Å². The van der Waals surface area contributed by atoms with E-state index in [2.05, 4.69) is 46.4 Å². The summed E-state index contributed by atoms with van der Waals surface area (Å²) in [6, 6.07) is 9.94. The molecular formula is C15H20N4O. The van der Waals surface area contributed by atoms with Crippen molar-refractivity contribution < 1.29 is 4.79 Å². The molecule has 0 spiro atoms. The van der Waals surface area contributed by atoms with Crippen LogP contribution in [0.3, 0.4) is 0 Å². The smallest absolute Gasteiger partial charge is 0.269 e. The van der Waals surface area contributed by atoms with Crippen molar-refractivity contribution in [3.05, 3.63) is 47.8 Å². The molecule has 5 heteroatoms. The predicted molar refractivity (Wildman–Crippen MR) is 80.0 cm³/mol. The standard InChI is InChI=1S/C15H20N4O/c1-3-19(14-7-5-4-6-12(14)2)11-10-16-15(20)13-8-9-17-18-13/h4-9H,3,10-11H2,1-2H3,(H,16,20)(H,17,18). The van der Waals surface area contributed by atoms with E-state index < -0.39 is 0 Å². The summed E-state index contributed by atoms with van der Waals surface area (Å²) in [6.07, 6.45) is 1.57. The fourth-order valence-corrected chi connectivity index (χ4v) is 2.15. The highest BCUT2D eigenvalue weighted by molar-refractivity contribution is 5.92. The Bertz CT molecular complexity index is 551. The first-order chi connectivity index (χ1) is 9.72. The molecule has 0 fully saturated rings. The second-order valence-electron chi connectivity index (χ2n) is 4.59. The predicted octanol–water partition coefficient (Wildman–Crippen LogP) is 1.97. The molecule has 0 bridgehead atoms. The number of amides is 1. The van der Waals surface area contributed by atoms with Gasteiger partial charge in [0.25, 0.3) is 5.91 Å². The number of carbonyl (C=O) groups excluding carboxylic acids is 1. The Labute approximate surface area is 119 Å². The summed E-state index contributed by atoms with van der Waals surface area (Å²) < 4.78 is 0. The van der Waals surface area contributed by atoms with Gasteiger partial charge in [-0.05, 0) is 31.5 Å². The van der Waals surface area contributed by atoms with E-state index in [-0.39, 0.29) is 5.91 Å². The molecule has 0 aliphatic carbocycles. The van der Waals surface area contributed by atoms with Crippen molar-refractivity contribution in [1.82, 2.24) is 15.5 Å². The van der Waals surface area contributed by atoms with Gasteiger partial charge < -0.3 is 10.2 Å². The molecule has 0 saturated carbocycles. The summed E-state index contributed by atoms with van der Waals surface area (Å²) in [7, 11) is 0. The molecule has 0 unspecified atom stereocenters. The van der Waals surface area contributed by atoms with Crippen LogP contribution in [0.5, 0.6) is 0 Å². The number of nitrogens with one attached hydrogen (secondary N) is 2. The molecule has 20 heavy (non-hydrogen) atoms. The lowest BCUT2D eigenvalue weighted by atomic mass is 10.2. The van der Waals surface area contributed by atoms with Gasteiger partial charge >= 0.3 is 0 Å². The largest absolute Gasteiger partial charge is 0.370 e. The van der Waals surface area contributed by atoms with E-state index in [1.807, 2.05) is 12.1 Å². The lowest BCUT2D eigenvalue weighted by molar-refractivity contribution is 0.0949. The van der Waals surface area contributed by atoms with Gasteiger partial charge in [0.2, 0.25) is 0 Å². The average molecular weight is 272 g/mol. The molecule has 0 aliphatic heterocycles. The van der Waals surface area contributed by atoms with Gasteiger partial charge in [0, 0.05) is 31.5 Å². The summed E-state index contributed by atoms with van der Waals surface area (Å²) in [6.45, 7) is 6.50. The van der Waals surface area contributed by atoms with Gasteiger partial charge in [-0.2, -0.15) is 5.10 Å². The molecule has 2 aromatic rings. The number of aromatic nitrogens is 2. The average Bonchev–Trinajstić information content (AvgIpc) is 2.99. The zero-order valence-electron chi connectivity index (χ0n) is 11.9. The van der Waals surface area contributed by atoms with Crippen molar-refractivity contribution >= 4 is 11.6 Å². The van der Waals surface area contributed by atoms with Gasteiger partial charge in [-0.15, -0.1) is 0 Å². The van der Waals surface area contributed by atoms with Crippen LogP contribution in [0.25, 0.3) is 0 Å². The Morgan fingerprint density at radius 3 is 2.80 bits per heavy atom. The molecule has 5 nitrogen and oxygen atoms in total. The molecule has 1 aromatic heterocycles. The Kier molecular flexibility index (Phi) is 4.76. The van der Waals surface area contributed by atoms with Crippen LogP contribution in [0.4, 0.5) is 5.69 Å². The molecule has 1 heterocycles. The number of hydrogen-bond donors (Lipinski definition) is 2. The van der Waals surface area contributed by atoms with Crippen molar-refractivity contribution in [3.63, 3.8) is 0 Å². The van der Waals surface area contributed by atoms with Crippen molar-refractivity contribution in [2.75, 3.05) is 24.5 Å². The molecule has 1 aromatic carbocycles. The van der Waals surface area contributed by atoms with Crippen LogP contribution in [0.1, 0.15) is 23.0 Å². The highest BCUT2D eigenvalue weighted by Crippen LogP contribution is 2.18. The Balaban J connectivity index is 1.89. The number of benzene rings is 1. The van der Waals surface area contributed by atoms with Crippen molar-refractivity contribution in [3.8, 4) is 0 Å². The zero-order valence-corrected chi connectivity index (χ0v) is 11.9. The van der Waals surface area contributed by atoms with E-state index >= 15 is 0 Å². The van der Waals surface area contributed by atoms with Crippen LogP contribution in [-0.4, -0.2) is 35.7 Å². The summed E-state index contributed by atoms with van der Waals surface area (Å²) in [5.41, 5.74) is 2.95. The third-order valence-electron chi connectivity index (χ3n) is 3.25. The molecule has 0 atom stereocenters. The van der Waals surface area contributed by atoms with Gasteiger partial charge in [-0.1, -0.05) is 18.2 Å². The van der Waals surface area contributed by atoms with Crippen LogP contribution < -0.4 is 10.2 Å².